The van der Waals surface area contributed by atoms with Crippen molar-refractivity contribution in [1.29, 1.82) is 0 Å². The molecule has 0 bridgehead atoms. The van der Waals surface area contributed by atoms with Crippen LogP contribution in [0, 0.1) is 0 Å². The van der Waals surface area contributed by atoms with E-state index in [0.717, 1.165) is 13.0 Å². The number of rotatable bonds is 8. The summed E-state index contributed by atoms with van der Waals surface area (Å²) < 4.78 is 0. The predicted octanol–water partition coefficient (Wildman–Crippen LogP) is 2.66. The van der Waals surface area contributed by atoms with E-state index in [1.165, 1.54) is 12.8 Å². The minimum Gasteiger partial charge on any atom is -0.312 e. The Morgan fingerprint density at radius 3 is 2.40 bits per heavy atom. The summed E-state index contributed by atoms with van der Waals surface area (Å²) in [6.07, 6.45) is 5.56. The summed E-state index contributed by atoms with van der Waals surface area (Å²) in [5.74, 6) is 0. The van der Waals surface area contributed by atoms with Crippen LogP contribution in [0.3, 0.4) is 0 Å². The molecule has 2 heteroatoms. The first kappa shape index (κ1) is 14.7. The van der Waals surface area contributed by atoms with Crippen LogP contribution in [0.25, 0.3) is 0 Å². The van der Waals surface area contributed by atoms with E-state index in [1.54, 1.807) is 0 Å². The Morgan fingerprint density at radius 1 is 1.40 bits per heavy atom. The molecule has 0 fully saturated rings. The van der Waals surface area contributed by atoms with Crippen molar-refractivity contribution in [3.05, 3.63) is 12.7 Å². The Kier molecular flexibility index (Phi) is 6.86. The number of hydrogen-bond acceptors (Lipinski definition) is 2. The highest BCUT2D eigenvalue weighted by Gasteiger charge is 2.30. The Balaban J connectivity index is 4.29. The van der Waals surface area contributed by atoms with Gasteiger partial charge in [0, 0.05) is 11.6 Å². The third kappa shape index (κ3) is 4.80. The van der Waals surface area contributed by atoms with E-state index in [4.69, 9.17) is 0 Å². The van der Waals surface area contributed by atoms with Gasteiger partial charge in [-0.2, -0.15) is 0 Å². The second-order valence-corrected chi connectivity index (χ2v) is 4.88. The minimum atomic E-state index is 0.206. The van der Waals surface area contributed by atoms with Gasteiger partial charge in [-0.3, -0.25) is 0 Å². The standard InChI is InChI=1S/C13H28N2/c1-7-9-10-11-12(14-8-2)13(3,4)15(5)6/h7,12,14H,1,8-11H2,2-6H3. The van der Waals surface area contributed by atoms with E-state index in [-0.39, 0.29) is 5.54 Å². The van der Waals surface area contributed by atoms with Crippen LogP contribution in [0.15, 0.2) is 12.7 Å². The second kappa shape index (κ2) is 7.02. The summed E-state index contributed by atoms with van der Waals surface area (Å²) in [5, 5.41) is 3.59. The zero-order valence-electron chi connectivity index (χ0n) is 11.1. The fraction of sp³-hybridized carbons (Fsp3) is 0.846. The lowest BCUT2D eigenvalue weighted by Gasteiger charge is -2.40. The number of allylic oxidation sites excluding steroid dienone is 1. The number of likely N-dealkylation sites (N-methyl/N-ethyl adjacent to an activating group) is 2. The zero-order chi connectivity index (χ0) is 11.9. The molecule has 0 rings (SSSR count). The van der Waals surface area contributed by atoms with Crippen molar-refractivity contribution in [1.82, 2.24) is 10.2 Å². The van der Waals surface area contributed by atoms with Crippen molar-refractivity contribution in [2.75, 3.05) is 20.6 Å². The molecule has 0 amide bonds. The molecule has 90 valence electrons. The Bertz CT molecular complexity index is 173. The van der Waals surface area contributed by atoms with Gasteiger partial charge in [0.2, 0.25) is 0 Å². The molecule has 0 saturated heterocycles. The maximum atomic E-state index is 3.77. The molecule has 0 aliphatic carbocycles. The lowest BCUT2D eigenvalue weighted by atomic mass is 9.89. The third-order valence-corrected chi connectivity index (χ3v) is 3.36. The number of nitrogens with zero attached hydrogens (tertiary/aromatic N) is 1. The second-order valence-electron chi connectivity index (χ2n) is 4.88. The molecule has 0 radical (unpaired) electrons. The van der Waals surface area contributed by atoms with E-state index >= 15 is 0 Å². The van der Waals surface area contributed by atoms with Crippen molar-refractivity contribution in [3.63, 3.8) is 0 Å². The van der Waals surface area contributed by atoms with Crippen LogP contribution in [-0.2, 0) is 0 Å². The van der Waals surface area contributed by atoms with Crippen molar-refractivity contribution < 1.29 is 0 Å². The van der Waals surface area contributed by atoms with Crippen LogP contribution in [0.5, 0.6) is 0 Å². The first-order valence-corrected chi connectivity index (χ1v) is 5.98. The normalized spacial score (nSPS) is 14.3. The van der Waals surface area contributed by atoms with Crippen LogP contribution >= 0.6 is 0 Å². The molecule has 15 heavy (non-hydrogen) atoms. The van der Waals surface area contributed by atoms with Crippen molar-refractivity contribution in [3.8, 4) is 0 Å². The highest BCUT2D eigenvalue weighted by Crippen LogP contribution is 2.20. The average molecular weight is 212 g/mol. The topological polar surface area (TPSA) is 15.3 Å². The van der Waals surface area contributed by atoms with Crippen LogP contribution in [-0.4, -0.2) is 37.1 Å². The minimum absolute atomic E-state index is 0.206. The van der Waals surface area contributed by atoms with Gasteiger partial charge in [0.05, 0.1) is 0 Å². The van der Waals surface area contributed by atoms with Gasteiger partial charge >= 0.3 is 0 Å². The third-order valence-electron chi connectivity index (χ3n) is 3.36. The van der Waals surface area contributed by atoms with E-state index in [1.807, 2.05) is 6.08 Å². The van der Waals surface area contributed by atoms with Gasteiger partial charge in [-0.1, -0.05) is 13.0 Å². The fourth-order valence-corrected chi connectivity index (χ4v) is 1.73. The van der Waals surface area contributed by atoms with Crippen LogP contribution in [0.2, 0.25) is 0 Å². The summed E-state index contributed by atoms with van der Waals surface area (Å²) in [7, 11) is 4.30. The molecule has 0 aromatic heterocycles. The maximum Gasteiger partial charge on any atom is 0.0300 e. The smallest absolute Gasteiger partial charge is 0.0300 e. The van der Waals surface area contributed by atoms with Crippen LogP contribution in [0.4, 0.5) is 0 Å². The first-order chi connectivity index (χ1) is 6.96. The largest absolute Gasteiger partial charge is 0.312 e. The van der Waals surface area contributed by atoms with Crippen molar-refractivity contribution in [2.45, 2.75) is 51.6 Å². The van der Waals surface area contributed by atoms with E-state index in [0.29, 0.717) is 6.04 Å². The maximum absolute atomic E-state index is 3.77. The summed E-state index contributed by atoms with van der Waals surface area (Å²) in [6.45, 7) is 11.6. The lowest BCUT2D eigenvalue weighted by molar-refractivity contribution is 0.132. The molecule has 1 N–H and O–H groups in total. The van der Waals surface area contributed by atoms with Crippen LogP contribution in [0.1, 0.15) is 40.0 Å². The quantitative estimate of drug-likeness (QED) is 0.491. The van der Waals surface area contributed by atoms with Crippen molar-refractivity contribution in [2.24, 2.45) is 0 Å². The summed E-state index contributed by atoms with van der Waals surface area (Å²) in [4.78, 5) is 2.30. The molecule has 1 unspecified atom stereocenters. The van der Waals surface area contributed by atoms with Crippen molar-refractivity contribution >= 4 is 0 Å². The van der Waals surface area contributed by atoms with Crippen LogP contribution < -0.4 is 5.32 Å². The number of unbranched alkanes of at least 4 members (excludes halogenated alkanes) is 1. The highest BCUT2D eigenvalue weighted by molar-refractivity contribution is 4.91. The lowest BCUT2D eigenvalue weighted by Crippen LogP contribution is -2.55. The van der Waals surface area contributed by atoms with Gasteiger partial charge in [0.1, 0.15) is 0 Å². The number of nitrogens with one attached hydrogen (secondary N) is 1. The van der Waals surface area contributed by atoms with E-state index in [9.17, 15) is 0 Å². The molecule has 0 saturated carbocycles. The van der Waals surface area contributed by atoms with Gasteiger partial charge in [0.25, 0.3) is 0 Å². The summed E-state index contributed by atoms with van der Waals surface area (Å²) in [6, 6.07) is 0.553. The SMILES string of the molecule is C=CCCCC(NCC)C(C)(C)N(C)C. The van der Waals surface area contributed by atoms with Gasteiger partial charge in [-0.25, -0.2) is 0 Å². The van der Waals surface area contributed by atoms with Gasteiger partial charge < -0.3 is 10.2 Å². The monoisotopic (exact) mass is 212 g/mol. The molecule has 0 heterocycles. The molecule has 0 aromatic rings. The van der Waals surface area contributed by atoms with E-state index in [2.05, 4.69) is 51.7 Å². The zero-order valence-corrected chi connectivity index (χ0v) is 11.1. The van der Waals surface area contributed by atoms with E-state index < -0.39 is 0 Å². The van der Waals surface area contributed by atoms with Gasteiger partial charge in [0.15, 0.2) is 0 Å². The molecule has 0 aliphatic rings. The average Bonchev–Trinajstić information content (AvgIpc) is 2.16. The fourth-order valence-electron chi connectivity index (χ4n) is 1.73. The Morgan fingerprint density at radius 2 is 2.00 bits per heavy atom. The first-order valence-electron chi connectivity index (χ1n) is 5.98. The molecule has 0 aromatic carbocycles. The molecule has 0 spiro atoms. The molecule has 2 nitrogen and oxygen atoms in total. The molecule has 0 aliphatic heterocycles. The Hall–Kier alpha value is -0.340. The molecular formula is C13H28N2. The molecule has 1 atom stereocenters. The predicted molar refractivity (Wildman–Crippen MR) is 69.3 cm³/mol. The summed E-state index contributed by atoms with van der Waals surface area (Å²) in [5.41, 5.74) is 0.206. The number of hydrogen-bond donors (Lipinski definition) is 1. The highest BCUT2D eigenvalue weighted by atomic mass is 15.2. The van der Waals surface area contributed by atoms with Gasteiger partial charge in [-0.15, -0.1) is 6.58 Å². The molecular weight excluding hydrogens is 184 g/mol. The summed E-state index contributed by atoms with van der Waals surface area (Å²) >= 11 is 0. The van der Waals surface area contributed by atoms with Gasteiger partial charge in [-0.05, 0) is 53.8 Å². The Labute approximate surface area is 95.7 Å².